The van der Waals surface area contributed by atoms with Gasteiger partial charge in [0.2, 0.25) is 0 Å². The second kappa shape index (κ2) is 4.54. The van der Waals surface area contributed by atoms with E-state index in [1.54, 1.807) is 0 Å². The molecule has 1 fully saturated rings. The van der Waals surface area contributed by atoms with Crippen LogP contribution in [0.5, 0.6) is 0 Å². The van der Waals surface area contributed by atoms with Crippen LogP contribution in [0, 0.1) is 18.3 Å². The van der Waals surface area contributed by atoms with E-state index in [4.69, 9.17) is 11.0 Å². The number of para-hydroxylation sites is 1. The van der Waals surface area contributed by atoms with Gasteiger partial charge in [0.25, 0.3) is 0 Å². The Morgan fingerprint density at radius 2 is 2.38 bits per heavy atom. The first-order valence-corrected chi connectivity index (χ1v) is 5.74. The summed E-state index contributed by atoms with van der Waals surface area (Å²) in [6.07, 6.45) is 2.30. The minimum absolute atomic E-state index is 0.396. The third-order valence-electron chi connectivity index (χ3n) is 3.29. The number of nitrogens with two attached hydrogens (primary N) is 1. The summed E-state index contributed by atoms with van der Waals surface area (Å²) in [7, 11) is 0. The zero-order valence-corrected chi connectivity index (χ0v) is 9.61. The molecule has 1 unspecified atom stereocenters. The lowest BCUT2D eigenvalue weighted by molar-refractivity contribution is 0.675. The number of nitriles is 1. The molecule has 1 aromatic rings. The van der Waals surface area contributed by atoms with Gasteiger partial charge in [0.1, 0.15) is 6.07 Å². The van der Waals surface area contributed by atoms with Crippen LogP contribution in [0.15, 0.2) is 18.2 Å². The molecule has 84 valence electrons. The van der Waals surface area contributed by atoms with Gasteiger partial charge >= 0.3 is 0 Å². The van der Waals surface area contributed by atoms with Crippen molar-refractivity contribution < 1.29 is 0 Å². The summed E-state index contributed by atoms with van der Waals surface area (Å²) < 4.78 is 0. The van der Waals surface area contributed by atoms with Crippen LogP contribution in [0.1, 0.15) is 24.0 Å². The highest BCUT2D eigenvalue weighted by Gasteiger charge is 2.26. The summed E-state index contributed by atoms with van der Waals surface area (Å²) in [5.74, 6) is 0. The fraction of sp³-hybridized carbons (Fsp3) is 0.462. The van der Waals surface area contributed by atoms with Crippen molar-refractivity contribution in [3.05, 3.63) is 29.3 Å². The summed E-state index contributed by atoms with van der Waals surface area (Å²) >= 11 is 0. The molecule has 0 bridgehead atoms. The van der Waals surface area contributed by atoms with Crippen molar-refractivity contribution in [1.29, 1.82) is 5.26 Å². The fourth-order valence-corrected chi connectivity index (χ4v) is 2.51. The summed E-state index contributed by atoms with van der Waals surface area (Å²) in [4.78, 5) is 2.30. The molecule has 0 spiro atoms. The predicted octanol–water partition coefficient (Wildman–Crippen LogP) is 1.79. The average molecular weight is 215 g/mol. The molecule has 1 saturated heterocycles. The monoisotopic (exact) mass is 215 g/mol. The van der Waals surface area contributed by atoms with E-state index in [2.05, 4.69) is 24.0 Å². The molecule has 16 heavy (non-hydrogen) atoms. The molecule has 0 radical (unpaired) electrons. The highest BCUT2D eigenvalue weighted by atomic mass is 15.2. The first-order chi connectivity index (χ1) is 7.77. The zero-order chi connectivity index (χ0) is 11.5. The Balaban J connectivity index is 2.43. The summed E-state index contributed by atoms with van der Waals surface area (Å²) in [6.45, 7) is 3.74. The van der Waals surface area contributed by atoms with E-state index in [0.717, 1.165) is 24.2 Å². The average Bonchev–Trinajstić information content (AvgIpc) is 2.76. The molecular formula is C13H17N3. The number of rotatable bonds is 2. The van der Waals surface area contributed by atoms with Gasteiger partial charge in [0.05, 0.1) is 11.3 Å². The second-order valence-corrected chi connectivity index (χ2v) is 4.31. The van der Waals surface area contributed by atoms with Crippen LogP contribution in [-0.2, 0) is 0 Å². The number of anilines is 1. The van der Waals surface area contributed by atoms with E-state index in [1.165, 1.54) is 12.0 Å². The maximum absolute atomic E-state index is 9.15. The normalized spacial score (nSPS) is 19.8. The van der Waals surface area contributed by atoms with Crippen molar-refractivity contribution in [2.75, 3.05) is 18.0 Å². The van der Waals surface area contributed by atoms with E-state index in [-0.39, 0.29) is 0 Å². The van der Waals surface area contributed by atoms with Gasteiger partial charge in [-0.2, -0.15) is 5.26 Å². The topological polar surface area (TPSA) is 53.0 Å². The van der Waals surface area contributed by atoms with E-state index < -0.39 is 0 Å². The largest absolute Gasteiger partial charge is 0.366 e. The van der Waals surface area contributed by atoms with Gasteiger partial charge in [0.15, 0.2) is 0 Å². The quantitative estimate of drug-likeness (QED) is 0.818. The van der Waals surface area contributed by atoms with Crippen LogP contribution in [0.2, 0.25) is 0 Å². The minimum Gasteiger partial charge on any atom is -0.366 e. The molecule has 3 nitrogen and oxygen atoms in total. The number of benzene rings is 1. The molecule has 1 atom stereocenters. The Kier molecular flexibility index (Phi) is 3.12. The summed E-state index contributed by atoms with van der Waals surface area (Å²) in [5.41, 5.74) is 8.79. The molecule has 1 aliphatic heterocycles. The van der Waals surface area contributed by atoms with Crippen molar-refractivity contribution in [1.82, 2.24) is 0 Å². The summed E-state index contributed by atoms with van der Waals surface area (Å²) in [6, 6.07) is 8.55. The van der Waals surface area contributed by atoms with Gasteiger partial charge < -0.3 is 10.6 Å². The van der Waals surface area contributed by atoms with Crippen LogP contribution in [-0.4, -0.2) is 19.1 Å². The zero-order valence-electron chi connectivity index (χ0n) is 9.61. The molecule has 1 aromatic carbocycles. The molecular weight excluding hydrogens is 198 g/mol. The van der Waals surface area contributed by atoms with Crippen molar-refractivity contribution >= 4 is 5.69 Å². The van der Waals surface area contributed by atoms with E-state index >= 15 is 0 Å². The van der Waals surface area contributed by atoms with Gasteiger partial charge in [0, 0.05) is 19.1 Å². The molecule has 0 amide bonds. The number of hydrogen-bond acceptors (Lipinski definition) is 3. The number of nitrogens with zero attached hydrogens (tertiary/aromatic N) is 2. The SMILES string of the molecule is Cc1cccc(C#N)c1N1CCCC1CN. The van der Waals surface area contributed by atoms with E-state index in [0.29, 0.717) is 12.6 Å². The lowest BCUT2D eigenvalue weighted by Crippen LogP contribution is -2.36. The van der Waals surface area contributed by atoms with Crippen molar-refractivity contribution in [3.8, 4) is 6.07 Å². The Hall–Kier alpha value is -1.53. The van der Waals surface area contributed by atoms with Crippen molar-refractivity contribution in [2.45, 2.75) is 25.8 Å². The van der Waals surface area contributed by atoms with Crippen LogP contribution in [0.4, 0.5) is 5.69 Å². The van der Waals surface area contributed by atoms with E-state index in [1.807, 2.05) is 12.1 Å². The number of aryl methyl sites for hydroxylation is 1. The van der Waals surface area contributed by atoms with Crippen molar-refractivity contribution in [2.24, 2.45) is 5.73 Å². The van der Waals surface area contributed by atoms with Crippen LogP contribution >= 0.6 is 0 Å². The van der Waals surface area contributed by atoms with Crippen LogP contribution < -0.4 is 10.6 Å². The maximum Gasteiger partial charge on any atom is 0.101 e. The van der Waals surface area contributed by atoms with Gasteiger partial charge in [-0.05, 0) is 31.4 Å². The van der Waals surface area contributed by atoms with Gasteiger partial charge in [-0.3, -0.25) is 0 Å². The standard InChI is InChI=1S/C13H17N3/c1-10-4-2-5-11(8-14)13(10)16-7-3-6-12(16)9-15/h2,4-5,12H,3,6-7,9,15H2,1H3. The minimum atomic E-state index is 0.396. The Bertz CT molecular complexity index is 420. The van der Waals surface area contributed by atoms with Crippen LogP contribution in [0.3, 0.4) is 0 Å². The van der Waals surface area contributed by atoms with Crippen LogP contribution in [0.25, 0.3) is 0 Å². The molecule has 2 N–H and O–H groups in total. The molecule has 1 aliphatic rings. The Labute approximate surface area is 96.5 Å². The lowest BCUT2D eigenvalue weighted by atomic mass is 10.1. The highest BCUT2D eigenvalue weighted by molar-refractivity contribution is 5.65. The smallest absolute Gasteiger partial charge is 0.101 e. The summed E-state index contributed by atoms with van der Waals surface area (Å²) in [5, 5.41) is 9.15. The first kappa shape index (κ1) is 11.0. The number of hydrogen-bond donors (Lipinski definition) is 1. The predicted molar refractivity (Wildman–Crippen MR) is 65.3 cm³/mol. The van der Waals surface area contributed by atoms with Gasteiger partial charge in [-0.25, -0.2) is 0 Å². The third kappa shape index (κ3) is 1.77. The highest BCUT2D eigenvalue weighted by Crippen LogP contribution is 2.30. The van der Waals surface area contributed by atoms with Crippen molar-refractivity contribution in [3.63, 3.8) is 0 Å². The Morgan fingerprint density at radius 1 is 1.56 bits per heavy atom. The maximum atomic E-state index is 9.15. The van der Waals surface area contributed by atoms with Gasteiger partial charge in [-0.1, -0.05) is 12.1 Å². The second-order valence-electron chi connectivity index (χ2n) is 4.31. The molecule has 2 rings (SSSR count). The first-order valence-electron chi connectivity index (χ1n) is 5.74. The molecule has 0 aliphatic carbocycles. The molecule has 3 heteroatoms. The third-order valence-corrected chi connectivity index (χ3v) is 3.29. The van der Waals surface area contributed by atoms with E-state index in [9.17, 15) is 0 Å². The molecule has 0 aromatic heterocycles. The van der Waals surface area contributed by atoms with Gasteiger partial charge in [-0.15, -0.1) is 0 Å². The molecule has 0 saturated carbocycles. The lowest BCUT2D eigenvalue weighted by Gasteiger charge is -2.28. The fourth-order valence-electron chi connectivity index (χ4n) is 2.51. The Morgan fingerprint density at radius 3 is 3.06 bits per heavy atom. The molecule has 1 heterocycles.